The fourth-order valence-corrected chi connectivity index (χ4v) is 3.74. The number of carbonyl (C=O) groups excluding carboxylic acids is 2. The van der Waals surface area contributed by atoms with Crippen molar-refractivity contribution in [2.24, 2.45) is 0 Å². The van der Waals surface area contributed by atoms with Gasteiger partial charge in [-0.2, -0.15) is 0 Å². The summed E-state index contributed by atoms with van der Waals surface area (Å²) in [5.41, 5.74) is 1.72. The predicted molar refractivity (Wildman–Crippen MR) is 128 cm³/mol. The minimum Gasteiger partial charge on any atom is -0.493 e. The van der Waals surface area contributed by atoms with Crippen LogP contribution in [0.1, 0.15) is 24.2 Å². The standard InChI is InChI=1S/C24H26N2O7S/c1-5-31-19-10-8-16(12-21(19)32-6-2)23(28)33-13-22(27)26-24-25-17(14-34-24)15-7-9-18(29-3)20(11-15)30-4/h7-12,14H,5-6,13H2,1-4H3,(H,25,26,27). The van der Waals surface area contributed by atoms with E-state index in [1.54, 1.807) is 43.9 Å². The van der Waals surface area contributed by atoms with E-state index in [2.05, 4.69) is 10.3 Å². The summed E-state index contributed by atoms with van der Waals surface area (Å²) in [6.07, 6.45) is 0. The fourth-order valence-electron chi connectivity index (χ4n) is 3.01. The lowest BCUT2D eigenvalue weighted by atomic mass is 10.1. The molecule has 0 atom stereocenters. The van der Waals surface area contributed by atoms with Crippen LogP contribution in [0.2, 0.25) is 0 Å². The third-order valence-corrected chi connectivity index (χ3v) is 5.30. The maximum Gasteiger partial charge on any atom is 0.338 e. The molecule has 0 spiro atoms. The number of hydrogen-bond acceptors (Lipinski definition) is 9. The largest absolute Gasteiger partial charge is 0.493 e. The van der Waals surface area contributed by atoms with Crippen molar-refractivity contribution in [3.63, 3.8) is 0 Å². The molecule has 0 unspecified atom stereocenters. The molecule has 0 bridgehead atoms. The number of benzene rings is 2. The molecule has 10 heteroatoms. The summed E-state index contributed by atoms with van der Waals surface area (Å²) in [6.45, 7) is 4.12. The van der Waals surface area contributed by atoms with Gasteiger partial charge in [0.05, 0.1) is 38.7 Å². The van der Waals surface area contributed by atoms with Crippen LogP contribution in [0.15, 0.2) is 41.8 Å². The van der Waals surface area contributed by atoms with Gasteiger partial charge >= 0.3 is 5.97 Å². The first-order chi connectivity index (χ1) is 16.5. The molecule has 0 saturated carbocycles. The third-order valence-electron chi connectivity index (χ3n) is 4.54. The Hall–Kier alpha value is -3.79. The Morgan fingerprint density at radius 3 is 2.32 bits per heavy atom. The van der Waals surface area contributed by atoms with Crippen LogP contribution >= 0.6 is 11.3 Å². The van der Waals surface area contributed by atoms with Crippen LogP contribution in [-0.2, 0) is 9.53 Å². The van der Waals surface area contributed by atoms with E-state index in [1.807, 2.05) is 19.9 Å². The second kappa shape index (κ2) is 11.9. The van der Waals surface area contributed by atoms with Gasteiger partial charge in [-0.15, -0.1) is 11.3 Å². The molecule has 34 heavy (non-hydrogen) atoms. The zero-order valence-electron chi connectivity index (χ0n) is 19.4. The molecular formula is C24H26N2O7S. The second-order valence-electron chi connectivity index (χ2n) is 6.76. The number of methoxy groups -OCH3 is 2. The topological polar surface area (TPSA) is 105 Å². The van der Waals surface area contributed by atoms with Crippen LogP contribution < -0.4 is 24.3 Å². The molecule has 180 valence electrons. The molecule has 0 fully saturated rings. The van der Waals surface area contributed by atoms with Crippen molar-refractivity contribution in [3.8, 4) is 34.3 Å². The van der Waals surface area contributed by atoms with Gasteiger partial charge in [0.2, 0.25) is 0 Å². The maximum atomic E-state index is 12.4. The molecule has 3 rings (SSSR count). The van der Waals surface area contributed by atoms with Crippen LogP contribution in [0.4, 0.5) is 5.13 Å². The summed E-state index contributed by atoms with van der Waals surface area (Å²) in [5, 5.41) is 4.82. The number of rotatable bonds is 11. The van der Waals surface area contributed by atoms with Gasteiger partial charge < -0.3 is 23.7 Å². The summed E-state index contributed by atoms with van der Waals surface area (Å²) >= 11 is 1.25. The summed E-state index contributed by atoms with van der Waals surface area (Å²) in [7, 11) is 3.12. The molecule has 0 aliphatic heterocycles. The number of anilines is 1. The summed E-state index contributed by atoms with van der Waals surface area (Å²) in [6, 6.07) is 10.2. The number of nitrogens with one attached hydrogen (secondary N) is 1. The highest BCUT2D eigenvalue weighted by atomic mass is 32.1. The van der Waals surface area contributed by atoms with Crippen molar-refractivity contribution >= 4 is 28.3 Å². The fraction of sp³-hybridized carbons (Fsp3) is 0.292. The van der Waals surface area contributed by atoms with Crippen LogP contribution in [0.5, 0.6) is 23.0 Å². The van der Waals surface area contributed by atoms with E-state index >= 15 is 0 Å². The number of hydrogen-bond donors (Lipinski definition) is 1. The lowest BCUT2D eigenvalue weighted by Crippen LogP contribution is -2.20. The Labute approximate surface area is 201 Å². The summed E-state index contributed by atoms with van der Waals surface area (Å²) in [5.74, 6) is 1.01. The van der Waals surface area contributed by atoms with Crippen molar-refractivity contribution in [2.75, 3.05) is 39.4 Å². The molecule has 0 saturated heterocycles. The van der Waals surface area contributed by atoms with E-state index in [4.69, 9.17) is 23.7 Å². The van der Waals surface area contributed by atoms with Crippen molar-refractivity contribution in [1.29, 1.82) is 0 Å². The number of esters is 1. The quantitative estimate of drug-likeness (QED) is 0.397. The predicted octanol–water partition coefficient (Wildman–Crippen LogP) is 4.42. The van der Waals surface area contributed by atoms with Gasteiger partial charge in [-0.1, -0.05) is 0 Å². The Morgan fingerprint density at radius 1 is 0.912 bits per heavy atom. The molecule has 2 aromatic carbocycles. The number of thiazole rings is 1. The normalized spacial score (nSPS) is 10.4. The van der Waals surface area contributed by atoms with E-state index in [-0.39, 0.29) is 5.56 Å². The average Bonchev–Trinajstić information content (AvgIpc) is 3.31. The van der Waals surface area contributed by atoms with E-state index in [1.165, 1.54) is 17.4 Å². The lowest BCUT2D eigenvalue weighted by Gasteiger charge is -2.12. The number of aromatic nitrogens is 1. The minimum absolute atomic E-state index is 0.254. The molecule has 0 radical (unpaired) electrons. The van der Waals surface area contributed by atoms with Gasteiger partial charge in [0.1, 0.15) is 0 Å². The van der Waals surface area contributed by atoms with Crippen LogP contribution in [0, 0.1) is 0 Å². The van der Waals surface area contributed by atoms with E-state index in [0.717, 1.165) is 5.56 Å². The zero-order chi connectivity index (χ0) is 24.5. The number of ether oxygens (including phenoxy) is 5. The third kappa shape index (κ3) is 6.16. The molecule has 0 aliphatic carbocycles. The Kier molecular flexibility index (Phi) is 8.69. The Balaban J connectivity index is 1.59. The van der Waals surface area contributed by atoms with Gasteiger partial charge in [0.25, 0.3) is 5.91 Å². The zero-order valence-corrected chi connectivity index (χ0v) is 20.2. The first-order valence-electron chi connectivity index (χ1n) is 10.5. The van der Waals surface area contributed by atoms with Crippen molar-refractivity contribution in [3.05, 3.63) is 47.3 Å². The van der Waals surface area contributed by atoms with Crippen LogP contribution in [0.25, 0.3) is 11.3 Å². The molecular weight excluding hydrogens is 460 g/mol. The van der Waals surface area contributed by atoms with Gasteiger partial charge in [-0.25, -0.2) is 9.78 Å². The molecule has 3 aromatic rings. The molecule has 0 aliphatic rings. The number of nitrogens with zero attached hydrogens (tertiary/aromatic N) is 1. The number of amides is 1. The molecule has 1 N–H and O–H groups in total. The smallest absolute Gasteiger partial charge is 0.338 e. The van der Waals surface area contributed by atoms with Gasteiger partial charge in [0, 0.05) is 10.9 Å². The summed E-state index contributed by atoms with van der Waals surface area (Å²) < 4.78 is 26.7. The van der Waals surface area contributed by atoms with E-state index in [0.29, 0.717) is 47.0 Å². The lowest BCUT2D eigenvalue weighted by molar-refractivity contribution is -0.119. The average molecular weight is 487 g/mol. The summed E-state index contributed by atoms with van der Waals surface area (Å²) in [4.78, 5) is 29.1. The highest BCUT2D eigenvalue weighted by Gasteiger charge is 2.16. The van der Waals surface area contributed by atoms with Gasteiger partial charge in [-0.3, -0.25) is 10.1 Å². The molecule has 1 aromatic heterocycles. The Bertz CT molecular complexity index is 1150. The maximum absolute atomic E-state index is 12.4. The van der Waals surface area contributed by atoms with Crippen molar-refractivity contribution < 1.29 is 33.3 Å². The molecule has 1 amide bonds. The highest BCUT2D eigenvalue weighted by Crippen LogP contribution is 2.33. The van der Waals surface area contributed by atoms with E-state index < -0.39 is 18.5 Å². The molecule has 9 nitrogen and oxygen atoms in total. The number of carbonyl (C=O) groups is 2. The second-order valence-corrected chi connectivity index (χ2v) is 7.62. The van der Waals surface area contributed by atoms with Crippen molar-refractivity contribution in [1.82, 2.24) is 4.98 Å². The first-order valence-corrected chi connectivity index (χ1v) is 11.4. The Morgan fingerprint density at radius 2 is 1.62 bits per heavy atom. The van der Waals surface area contributed by atoms with E-state index in [9.17, 15) is 9.59 Å². The van der Waals surface area contributed by atoms with Gasteiger partial charge in [-0.05, 0) is 50.2 Å². The van der Waals surface area contributed by atoms with Crippen molar-refractivity contribution in [2.45, 2.75) is 13.8 Å². The highest BCUT2D eigenvalue weighted by molar-refractivity contribution is 7.14. The molecule has 1 heterocycles. The van der Waals surface area contributed by atoms with Crippen LogP contribution in [0.3, 0.4) is 0 Å². The van der Waals surface area contributed by atoms with Crippen LogP contribution in [-0.4, -0.2) is 50.9 Å². The first kappa shape index (κ1) is 24.8. The SMILES string of the molecule is CCOc1ccc(C(=O)OCC(=O)Nc2nc(-c3ccc(OC)c(OC)c3)cs2)cc1OCC. The monoisotopic (exact) mass is 486 g/mol. The minimum atomic E-state index is -0.649. The van der Waals surface area contributed by atoms with Gasteiger partial charge in [0.15, 0.2) is 34.7 Å².